The minimum Gasteiger partial charge on any atom is -0.355 e. The van der Waals surface area contributed by atoms with Gasteiger partial charge >= 0.3 is 0 Å². The summed E-state index contributed by atoms with van der Waals surface area (Å²) in [6, 6.07) is 9.08. The molecule has 1 aliphatic rings. The van der Waals surface area contributed by atoms with Crippen LogP contribution in [0.15, 0.2) is 30.3 Å². The average molecular weight is 314 g/mol. The van der Waals surface area contributed by atoms with Gasteiger partial charge in [0.25, 0.3) is 0 Å². The maximum atomic E-state index is 13.4. The van der Waals surface area contributed by atoms with Crippen LogP contribution in [-0.4, -0.2) is 35.9 Å². The second kappa shape index (κ2) is 7.04. The third-order valence-electron chi connectivity index (χ3n) is 4.37. The zero-order valence-electron chi connectivity index (χ0n) is 13.7. The predicted octanol–water partition coefficient (Wildman–Crippen LogP) is 3.17. The highest BCUT2D eigenvalue weighted by atomic mass is 19.1. The summed E-state index contributed by atoms with van der Waals surface area (Å²) in [5.74, 6) is 0.691. The van der Waals surface area contributed by atoms with Crippen molar-refractivity contribution in [1.82, 2.24) is 15.5 Å². The molecule has 2 heterocycles. The van der Waals surface area contributed by atoms with E-state index in [1.165, 1.54) is 12.1 Å². The topological polar surface area (TPSA) is 41.0 Å². The predicted molar refractivity (Wildman–Crippen MR) is 91.1 cm³/mol. The van der Waals surface area contributed by atoms with Gasteiger partial charge in [-0.05, 0) is 50.1 Å². The van der Waals surface area contributed by atoms with Crippen molar-refractivity contribution in [3.63, 3.8) is 0 Å². The first kappa shape index (κ1) is 15.9. The van der Waals surface area contributed by atoms with Gasteiger partial charge in [0.15, 0.2) is 5.82 Å². The first-order valence-electron chi connectivity index (χ1n) is 8.26. The van der Waals surface area contributed by atoms with Crippen LogP contribution in [0, 0.1) is 12.7 Å². The lowest BCUT2D eigenvalue weighted by atomic mass is 10.0. The van der Waals surface area contributed by atoms with Gasteiger partial charge < -0.3 is 10.2 Å². The first-order chi connectivity index (χ1) is 11.2. The number of nitrogens with one attached hydrogen (secondary N) is 1. The number of halogens is 1. The van der Waals surface area contributed by atoms with E-state index in [0.29, 0.717) is 11.7 Å². The van der Waals surface area contributed by atoms with Crippen LogP contribution in [0.2, 0.25) is 0 Å². The molecule has 0 atom stereocenters. The molecule has 1 aromatic carbocycles. The van der Waals surface area contributed by atoms with Gasteiger partial charge in [-0.3, -0.25) is 0 Å². The SMILES string of the molecule is CCNC1CCN(c2nnc(-c3cccc(F)c3)cc2C)CC1. The number of aryl methyl sites for hydroxylation is 1. The average Bonchev–Trinajstić information content (AvgIpc) is 2.56. The van der Waals surface area contributed by atoms with Crippen molar-refractivity contribution < 1.29 is 4.39 Å². The standard InChI is InChI=1S/C18H23FN4/c1-3-20-16-7-9-23(10-8-16)18-13(2)11-17(21-22-18)14-5-4-6-15(19)12-14/h4-6,11-12,16,20H,3,7-10H2,1-2H3. The number of benzene rings is 1. The molecule has 1 N–H and O–H groups in total. The van der Waals surface area contributed by atoms with Crippen LogP contribution in [0.1, 0.15) is 25.3 Å². The first-order valence-corrected chi connectivity index (χ1v) is 8.26. The van der Waals surface area contributed by atoms with E-state index >= 15 is 0 Å². The summed E-state index contributed by atoms with van der Waals surface area (Å²) in [7, 11) is 0. The minimum atomic E-state index is -0.253. The van der Waals surface area contributed by atoms with Gasteiger partial charge in [0.1, 0.15) is 5.82 Å². The molecular weight excluding hydrogens is 291 g/mol. The van der Waals surface area contributed by atoms with Crippen LogP contribution in [0.4, 0.5) is 10.2 Å². The number of nitrogens with zero attached hydrogens (tertiary/aromatic N) is 3. The Morgan fingerprint density at radius 3 is 2.65 bits per heavy atom. The van der Waals surface area contributed by atoms with Crippen molar-refractivity contribution in [3.05, 3.63) is 41.7 Å². The van der Waals surface area contributed by atoms with Crippen LogP contribution in [0.3, 0.4) is 0 Å². The number of piperidine rings is 1. The van der Waals surface area contributed by atoms with E-state index in [-0.39, 0.29) is 5.82 Å². The normalized spacial score (nSPS) is 15.9. The maximum Gasteiger partial charge on any atom is 0.154 e. The number of hydrogen-bond acceptors (Lipinski definition) is 4. The van der Waals surface area contributed by atoms with Crippen molar-refractivity contribution in [2.45, 2.75) is 32.7 Å². The molecule has 0 aliphatic carbocycles. The molecular formula is C18H23FN4. The summed E-state index contributed by atoms with van der Waals surface area (Å²) in [6.45, 7) is 7.20. The van der Waals surface area contributed by atoms with Crippen LogP contribution >= 0.6 is 0 Å². The van der Waals surface area contributed by atoms with Gasteiger partial charge in [0.2, 0.25) is 0 Å². The van der Waals surface area contributed by atoms with Crippen LogP contribution < -0.4 is 10.2 Å². The van der Waals surface area contributed by atoms with E-state index in [0.717, 1.165) is 49.4 Å². The van der Waals surface area contributed by atoms with Crippen molar-refractivity contribution in [1.29, 1.82) is 0 Å². The van der Waals surface area contributed by atoms with Gasteiger partial charge in [0, 0.05) is 24.7 Å². The lowest BCUT2D eigenvalue weighted by molar-refractivity contribution is 0.421. The van der Waals surface area contributed by atoms with Crippen LogP contribution in [-0.2, 0) is 0 Å². The highest BCUT2D eigenvalue weighted by Crippen LogP contribution is 2.25. The molecule has 2 aromatic rings. The molecule has 1 aromatic heterocycles. The lowest BCUT2D eigenvalue weighted by Crippen LogP contribution is -2.43. The third-order valence-corrected chi connectivity index (χ3v) is 4.37. The summed E-state index contributed by atoms with van der Waals surface area (Å²) in [5, 5.41) is 12.2. The van der Waals surface area contributed by atoms with E-state index in [1.54, 1.807) is 6.07 Å². The Labute approximate surface area is 136 Å². The zero-order valence-corrected chi connectivity index (χ0v) is 13.7. The van der Waals surface area contributed by atoms with Gasteiger partial charge in [-0.2, -0.15) is 0 Å². The number of aromatic nitrogens is 2. The molecule has 4 nitrogen and oxygen atoms in total. The lowest BCUT2D eigenvalue weighted by Gasteiger charge is -2.33. The second-order valence-electron chi connectivity index (χ2n) is 6.07. The van der Waals surface area contributed by atoms with Crippen molar-refractivity contribution in [2.24, 2.45) is 0 Å². The molecule has 0 bridgehead atoms. The smallest absolute Gasteiger partial charge is 0.154 e. The molecule has 0 amide bonds. The molecule has 122 valence electrons. The molecule has 1 aliphatic heterocycles. The van der Waals surface area contributed by atoms with E-state index in [2.05, 4.69) is 27.3 Å². The minimum absolute atomic E-state index is 0.253. The Bertz CT molecular complexity index is 666. The van der Waals surface area contributed by atoms with Gasteiger partial charge in [-0.25, -0.2) is 4.39 Å². The molecule has 0 saturated carbocycles. The summed E-state index contributed by atoms with van der Waals surface area (Å²) >= 11 is 0. The Kier molecular flexibility index (Phi) is 4.86. The molecule has 5 heteroatoms. The monoisotopic (exact) mass is 314 g/mol. The van der Waals surface area contributed by atoms with Crippen LogP contribution in [0.5, 0.6) is 0 Å². The van der Waals surface area contributed by atoms with Crippen LogP contribution in [0.25, 0.3) is 11.3 Å². The zero-order chi connectivity index (χ0) is 16.2. The largest absolute Gasteiger partial charge is 0.355 e. The van der Waals surface area contributed by atoms with E-state index in [1.807, 2.05) is 19.1 Å². The van der Waals surface area contributed by atoms with Crippen molar-refractivity contribution >= 4 is 5.82 Å². The number of hydrogen-bond donors (Lipinski definition) is 1. The Balaban J connectivity index is 1.75. The summed E-state index contributed by atoms with van der Waals surface area (Å²) in [4.78, 5) is 2.30. The molecule has 0 unspecified atom stereocenters. The number of rotatable bonds is 4. The maximum absolute atomic E-state index is 13.4. The Morgan fingerprint density at radius 2 is 2.00 bits per heavy atom. The number of anilines is 1. The highest BCUT2D eigenvalue weighted by molar-refractivity contribution is 5.62. The fraction of sp³-hybridized carbons (Fsp3) is 0.444. The van der Waals surface area contributed by atoms with E-state index in [9.17, 15) is 4.39 Å². The molecule has 0 radical (unpaired) electrons. The summed E-state index contributed by atoms with van der Waals surface area (Å²) in [6.07, 6.45) is 2.25. The van der Waals surface area contributed by atoms with Gasteiger partial charge in [-0.15, -0.1) is 10.2 Å². The fourth-order valence-electron chi connectivity index (χ4n) is 3.16. The Morgan fingerprint density at radius 1 is 1.22 bits per heavy atom. The summed E-state index contributed by atoms with van der Waals surface area (Å²) in [5.41, 5.74) is 2.56. The second-order valence-corrected chi connectivity index (χ2v) is 6.07. The fourth-order valence-corrected chi connectivity index (χ4v) is 3.16. The molecule has 1 saturated heterocycles. The molecule has 1 fully saturated rings. The van der Waals surface area contributed by atoms with E-state index < -0.39 is 0 Å². The van der Waals surface area contributed by atoms with E-state index in [4.69, 9.17) is 0 Å². The quantitative estimate of drug-likeness (QED) is 0.941. The molecule has 3 rings (SSSR count). The van der Waals surface area contributed by atoms with Gasteiger partial charge in [0.05, 0.1) is 5.69 Å². The molecule has 0 spiro atoms. The Hall–Kier alpha value is -2.01. The van der Waals surface area contributed by atoms with Gasteiger partial charge in [-0.1, -0.05) is 19.1 Å². The van der Waals surface area contributed by atoms with Crippen molar-refractivity contribution in [3.8, 4) is 11.3 Å². The van der Waals surface area contributed by atoms with Crippen molar-refractivity contribution in [2.75, 3.05) is 24.5 Å². The summed E-state index contributed by atoms with van der Waals surface area (Å²) < 4.78 is 13.4. The highest BCUT2D eigenvalue weighted by Gasteiger charge is 2.21. The molecule has 23 heavy (non-hydrogen) atoms. The third kappa shape index (κ3) is 3.67.